The normalized spacial score (nSPS) is 12.6. The third-order valence-corrected chi connectivity index (χ3v) is 2.29. The van der Waals surface area contributed by atoms with Crippen molar-refractivity contribution in [2.75, 3.05) is 18.5 Å². The van der Waals surface area contributed by atoms with Crippen LogP contribution in [0.3, 0.4) is 0 Å². The minimum atomic E-state index is -0.949. The lowest BCUT2D eigenvalue weighted by molar-refractivity contribution is -0.383. The molecule has 1 atom stereocenters. The third-order valence-electron chi connectivity index (χ3n) is 2.29. The second kappa shape index (κ2) is 4.98. The number of para-hydroxylation sites is 1. The van der Waals surface area contributed by atoms with Gasteiger partial charge in [-0.15, -0.1) is 0 Å². The molecule has 0 aliphatic carbocycles. The summed E-state index contributed by atoms with van der Waals surface area (Å²) >= 11 is 0. The van der Waals surface area contributed by atoms with Crippen molar-refractivity contribution < 1.29 is 19.6 Å². The first kappa shape index (κ1) is 12.3. The lowest BCUT2D eigenvalue weighted by atomic mass is 10.3. The minimum Gasteiger partial charge on any atom is -0.423 e. The van der Waals surface area contributed by atoms with Crippen LogP contribution < -0.4 is 5.32 Å². The summed E-state index contributed by atoms with van der Waals surface area (Å²) in [4.78, 5) is 14.2. The number of oxazole rings is 1. The van der Waals surface area contributed by atoms with Crippen LogP contribution in [-0.2, 0) is 0 Å². The molecule has 0 spiro atoms. The third kappa shape index (κ3) is 2.39. The summed E-state index contributed by atoms with van der Waals surface area (Å²) in [5, 5.41) is 31.2. The molecular weight excluding hydrogens is 242 g/mol. The Bertz CT molecular complexity index is 568. The van der Waals surface area contributed by atoms with Crippen LogP contribution in [0.4, 0.5) is 11.7 Å². The van der Waals surface area contributed by atoms with E-state index in [9.17, 15) is 10.1 Å². The van der Waals surface area contributed by atoms with E-state index in [0.717, 1.165) is 0 Å². The van der Waals surface area contributed by atoms with E-state index in [-0.39, 0.29) is 29.3 Å². The number of nitro benzene ring substituents is 1. The highest BCUT2D eigenvalue weighted by Crippen LogP contribution is 2.27. The Morgan fingerprint density at radius 3 is 3.00 bits per heavy atom. The van der Waals surface area contributed by atoms with Gasteiger partial charge in [-0.05, 0) is 6.07 Å². The van der Waals surface area contributed by atoms with Crippen molar-refractivity contribution in [2.45, 2.75) is 6.10 Å². The number of aliphatic hydroxyl groups excluding tert-OH is 2. The van der Waals surface area contributed by atoms with Crippen molar-refractivity contribution in [3.63, 3.8) is 0 Å². The summed E-state index contributed by atoms with van der Waals surface area (Å²) in [6.07, 6.45) is -0.949. The number of benzene rings is 1. The summed E-state index contributed by atoms with van der Waals surface area (Å²) in [5.74, 6) is 0. The maximum absolute atomic E-state index is 10.8. The topological polar surface area (TPSA) is 122 Å². The van der Waals surface area contributed by atoms with Crippen LogP contribution in [0, 0.1) is 10.1 Å². The Hall–Kier alpha value is -2.19. The fourth-order valence-corrected chi connectivity index (χ4v) is 1.43. The molecule has 2 rings (SSSR count). The quantitative estimate of drug-likeness (QED) is 0.523. The van der Waals surface area contributed by atoms with E-state index in [4.69, 9.17) is 14.6 Å². The number of nitro groups is 1. The molecule has 0 saturated heterocycles. The second-order valence-electron chi connectivity index (χ2n) is 3.62. The Morgan fingerprint density at radius 1 is 1.56 bits per heavy atom. The Labute approximate surface area is 101 Å². The lowest BCUT2D eigenvalue weighted by Crippen LogP contribution is -2.22. The maximum Gasteiger partial charge on any atom is 0.298 e. The molecule has 0 bridgehead atoms. The monoisotopic (exact) mass is 253 g/mol. The van der Waals surface area contributed by atoms with Crippen molar-refractivity contribution in [1.82, 2.24) is 4.98 Å². The van der Waals surface area contributed by atoms with Crippen molar-refractivity contribution in [3.8, 4) is 0 Å². The van der Waals surface area contributed by atoms with Gasteiger partial charge in [0.1, 0.15) is 0 Å². The van der Waals surface area contributed by atoms with Gasteiger partial charge in [0.15, 0.2) is 11.1 Å². The smallest absolute Gasteiger partial charge is 0.298 e. The fourth-order valence-electron chi connectivity index (χ4n) is 1.43. The molecule has 1 aromatic carbocycles. The predicted molar refractivity (Wildman–Crippen MR) is 62.2 cm³/mol. The van der Waals surface area contributed by atoms with Gasteiger partial charge >= 0.3 is 0 Å². The molecule has 1 heterocycles. The van der Waals surface area contributed by atoms with E-state index >= 15 is 0 Å². The number of aromatic nitrogens is 1. The summed E-state index contributed by atoms with van der Waals surface area (Å²) < 4.78 is 5.23. The summed E-state index contributed by atoms with van der Waals surface area (Å²) in [6, 6.07) is 4.45. The summed E-state index contributed by atoms with van der Waals surface area (Å²) in [5.41, 5.74) is 0.278. The molecule has 0 fully saturated rings. The molecule has 2 aromatic rings. The van der Waals surface area contributed by atoms with Crippen LogP contribution in [-0.4, -0.2) is 39.4 Å². The maximum atomic E-state index is 10.8. The Morgan fingerprint density at radius 2 is 2.33 bits per heavy atom. The molecule has 3 N–H and O–H groups in total. The molecule has 8 heteroatoms. The standard InChI is InChI=1S/C10H11N3O5/c14-5-6(15)4-11-10-12-9-7(13(16)17)2-1-3-8(9)18-10/h1-3,6,14-15H,4-5H2,(H,11,12). The largest absolute Gasteiger partial charge is 0.423 e. The van der Waals surface area contributed by atoms with Crippen molar-refractivity contribution >= 4 is 22.8 Å². The average Bonchev–Trinajstić information content (AvgIpc) is 2.77. The zero-order valence-corrected chi connectivity index (χ0v) is 9.24. The van der Waals surface area contributed by atoms with E-state index in [1.807, 2.05) is 0 Å². The number of nitrogens with zero attached hydrogens (tertiary/aromatic N) is 2. The summed E-state index contributed by atoms with van der Waals surface area (Å²) in [7, 11) is 0. The van der Waals surface area contributed by atoms with Gasteiger partial charge in [0.2, 0.25) is 0 Å². The zero-order chi connectivity index (χ0) is 13.1. The molecule has 0 aliphatic rings. The van der Waals surface area contributed by atoms with Gasteiger partial charge in [-0.25, -0.2) is 0 Å². The van der Waals surface area contributed by atoms with Crippen LogP contribution in [0.5, 0.6) is 0 Å². The van der Waals surface area contributed by atoms with Crippen LogP contribution in [0.25, 0.3) is 11.1 Å². The van der Waals surface area contributed by atoms with Gasteiger partial charge < -0.3 is 19.9 Å². The number of aliphatic hydroxyl groups is 2. The van der Waals surface area contributed by atoms with Crippen LogP contribution in [0.1, 0.15) is 0 Å². The molecule has 96 valence electrons. The average molecular weight is 253 g/mol. The van der Waals surface area contributed by atoms with Crippen LogP contribution in [0.2, 0.25) is 0 Å². The highest BCUT2D eigenvalue weighted by molar-refractivity contribution is 5.83. The first-order chi connectivity index (χ1) is 8.61. The Kier molecular flexibility index (Phi) is 3.40. The molecule has 0 radical (unpaired) electrons. The molecule has 0 aliphatic heterocycles. The highest BCUT2D eigenvalue weighted by atomic mass is 16.6. The van der Waals surface area contributed by atoms with Gasteiger partial charge in [-0.2, -0.15) is 4.98 Å². The minimum absolute atomic E-state index is 0.0388. The predicted octanol–water partition coefficient (Wildman–Crippen LogP) is 0.501. The SMILES string of the molecule is O=[N+]([O-])c1cccc2oc(NCC(O)CO)nc12. The van der Waals surface area contributed by atoms with Crippen LogP contribution in [0.15, 0.2) is 22.6 Å². The number of non-ortho nitro benzene ring substituents is 1. The van der Waals surface area contributed by atoms with Crippen molar-refractivity contribution in [3.05, 3.63) is 28.3 Å². The Balaban J connectivity index is 2.27. The molecule has 0 saturated carbocycles. The van der Waals surface area contributed by atoms with Gasteiger partial charge in [-0.1, -0.05) is 6.07 Å². The number of nitrogens with one attached hydrogen (secondary N) is 1. The van der Waals surface area contributed by atoms with E-state index in [0.29, 0.717) is 0 Å². The number of fused-ring (bicyclic) bond motifs is 1. The van der Waals surface area contributed by atoms with Crippen molar-refractivity contribution in [1.29, 1.82) is 0 Å². The van der Waals surface area contributed by atoms with Crippen molar-refractivity contribution in [2.24, 2.45) is 0 Å². The highest BCUT2D eigenvalue weighted by Gasteiger charge is 2.17. The van der Waals surface area contributed by atoms with E-state index in [1.54, 1.807) is 6.07 Å². The summed E-state index contributed by atoms with van der Waals surface area (Å²) in [6.45, 7) is -0.357. The second-order valence-corrected chi connectivity index (χ2v) is 3.62. The molecule has 8 nitrogen and oxygen atoms in total. The lowest BCUT2D eigenvalue weighted by Gasteiger charge is -2.05. The molecule has 1 unspecified atom stereocenters. The number of anilines is 1. The van der Waals surface area contributed by atoms with E-state index in [2.05, 4.69) is 10.3 Å². The number of hydrogen-bond acceptors (Lipinski definition) is 7. The van der Waals surface area contributed by atoms with Gasteiger partial charge in [0, 0.05) is 12.6 Å². The number of rotatable bonds is 5. The van der Waals surface area contributed by atoms with E-state index < -0.39 is 17.6 Å². The molecule has 18 heavy (non-hydrogen) atoms. The molecular formula is C10H11N3O5. The van der Waals surface area contributed by atoms with E-state index in [1.165, 1.54) is 12.1 Å². The molecule has 0 amide bonds. The van der Waals surface area contributed by atoms with Gasteiger partial charge in [0.05, 0.1) is 17.6 Å². The van der Waals surface area contributed by atoms with Crippen LogP contribution >= 0.6 is 0 Å². The first-order valence-electron chi connectivity index (χ1n) is 5.18. The van der Waals surface area contributed by atoms with Gasteiger partial charge in [0.25, 0.3) is 11.7 Å². The fraction of sp³-hybridized carbons (Fsp3) is 0.300. The zero-order valence-electron chi connectivity index (χ0n) is 9.24. The molecule has 1 aromatic heterocycles. The van der Waals surface area contributed by atoms with Gasteiger partial charge in [-0.3, -0.25) is 10.1 Å². The number of hydrogen-bond donors (Lipinski definition) is 3. The first-order valence-corrected chi connectivity index (χ1v) is 5.18.